The molecule has 0 heterocycles. The fourth-order valence-electron chi connectivity index (χ4n) is 2.58. The van der Waals surface area contributed by atoms with Crippen LogP contribution in [0.5, 0.6) is 0 Å². The fourth-order valence-corrected chi connectivity index (χ4v) is 2.58. The van der Waals surface area contributed by atoms with Crippen molar-refractivity contribution in [2.75, 3.05) is 0 Å². The highest BCUT2D eigenvalue weighted by Crippen LogP contribution is 2.60. The van der Waals surface area contributed by atoms with E-state index in [0.717, 1.165) is 6.42 Å². The van der Waals surface area contributed by atoms with E-state index in [2.05, 4.69) is 42.5 Å². The third kappa shape index (κ3) is 0.980. The topological polar surface area (TPSA) is 0 Å². The van der Waals surface area contributed by atoms with Gasteiger partial charge in [0.05, 0.1) is 0 Å². The van der Waals surface area contributed by atoms with E-state index in [0.29, 0.717) is 11.3 Å². The lowest BCUT2D eigenvalue weighted by Gasteiger charge is -2.20. The Labute approximate surface area is 79.3 Å². The van der Waals surface area contributed by atoms with E-state index in [-0.39, 0.29) is 0 Å². The van der Waals surface area contributed by atoms with Crippen LogP contribution in [0.4, 0.5) is 0 Å². The lowest BCUT2D eigenvalue weighted by atomic mass is 9.83. The summed E-state index contributed by atoms with van der Waals surface area (Å²) in [4.78, 5) is 0. The Bertz CT molecular complexity index is 323. The van der Waals surface area contributed by atoms with Crippen molar-refractivity contribution in [3.05, 3.63) is 48.1 Å². The lowest BCUT2D eigenvalue weighted by Crippen LogP contribution is -2.11. The van der Waals surface area contributed by atoms with Gasteiger partial charge in [-0.3, -0.25) is 0 Å². The van der Waals surface area contributed by atoms with Crippen LogP contribution in [0.2, 0.25) is 0 Å². The zero-order valence-electron chi connectivity index (χ0n) is 7.74. The van der Waals surface area contributed by atoms with Crippen LogP contribution >= 0.6 is 0 Å². The first-order valence-electron chi connectivity index (χ1n) is 5.14. The number of hydrogen-bond donors (Lipinski definition) is 0. The van der Waals surface area contributed by atoms with Crippen LogP contribution < -0.4 is 0 Å². The van der Waals surface area contributed by atoms with Gasteiger partial charge in [-0.25, -0.2) is 0 Å². The zero-order chi connectivity index (χ0) is 8.73. The minimum Gasteiger partial charge on any atom is -0.0804 e. The molecule has 0 aromatic rings. The summed E-state index contributed by atoms with van der Waals surface area (Å²) in [6.45, 7) is 0. The second-order valence-electron chi connectivity index (χ2n) is 4.25. The summed E-state index contributed by atoms with van der Waals surface area (Å²) in [5, 5.41) is 0. The predicted octanol–water partition coefficient (Wildman–Crippen LogP) is 3.40. The van der Waals surface area contributed by atoms with Crippen LogP contribution in [-0.4, -0.2) is 0 Å². The van der Waals surface area contributed by atoms with E-state index < -0.39 is 0 Å². The van der Waals surface area contributed by atoms with Crippen molar-refractivity contribution in [2.45, 2.75) is 19.3 Å². The molecule has 0 unspecified atom stereocenters. The number of allylic oxidation sites excluding steroid dienone is 8. The van der Waals surface area contributed by atoms with Crippen molar-refractivity contribution in [1.29, 1.82) is 0 Å². The zero-order valence-corrected chi connectivity index (χ0v) is 7.74. The molecule has 0 aromatic carbocycles. The van der Waals surface area contributed by atoms with Crippen LogP contribution in [0.25, 0.3) is 0 Å². The monoisotopic (exact) mass is 170 g/mol. The van der Waals surface area contributed by atoms with Crippen LogP contribution in [0.3, 0.4) is 0 Å². The molecule has 0 aromatic heterocycles. The van der Waals surface area contributed by atoms with Gasteiger partial charge in [0, 0.05) is 11.3 Å². The molecule has 0 atom stereocenters. The van der Waals surface area contributed by atoms with Crippen LogP contribution in [-0.2, 0) is 0 Å². The van der Waals surface area contributed by atoms with Crippen molar-refractivity contribution >= 4 is 0 Å². The van der Waals surface area contributed by atoms with Crippen LogP contribution in [0.1, 0.15) is 19.3 Å². The van der Waals surface area contributed by atoms with Gasteiger partial charge >= 0.3 is 0 Å². The first-order chi connectivity index (χ1) is 6.42. The van der Waals surface area contributed by atoms with E-state index in [1.165, 1.54) is 12.8 Å². The molecule has 66 valence electrons. The van der Waals surface area contributed by atoms with Gasteiger partial charge in [-0.05, 0) is 24.8 Å². The highest BCUT2D eigenvalue weighted by atomic mass is 14.5. The van der Waals surface area contributed by atoms with E-state index in [1.54, 1.807) is 5.57 Å². The first kappa shape index (κ1) is 7.37. The van der Waals surface area contributed by atoms with Crippen molar-refractivity contribution < 1.29 is 0 Å². The van der Waals surface area contributed by atoms with Gasteiger partial charge in [0.25, 0.3) is 0 Å². The Kier molecular flexibility index (Phi) is 1.40. The highest BCUT2D eigenvalue weighted by molar-refractivity contribution is 5.41. The van der Waals surface area contributed by atoms with E-state index in [1.807, 2.05) is 0 Å². The van der Waals surface area contributed by atoms with Gasteiger partial charge in [-0.2, -0.15) is 0 Å². The molecular weight excluding hydrogens is 156 g/mol. The van der Waals surface area contributed by atoms with E-state index >= 15 is 0 Å². The second kappa shape index (κ2) is 2.47. The quantitative estimate of drug-likeness (QED) is 0.596. The molecular formula is C13H14. The average Bonchev–Trinajstić information content (AvgIpc) is 2.68. The Hall–Kier alpha value is -1.04. The summed E-state index contributed by atoms with van der Waals surface area (Å²) in [6.07, 6.45) is 20.0. The molecule has 0 heteroatoms. The maximum Gasteiger partial charge on any atom is 0.00497 e. The second-order valence-corrected chi connectivity index (χ2v) is 4.25. The van der Waals surface area contributed by atoms with Gasteiger partial charge in [-0.1, -0.05) is 42.5 Å². The molecule has 3 rings (SSSR count). The summed E-state index contributed by atoms with van der Waals surface area (Å²) in [7, 11) is 0. The molecule has 0 N–H and O–H groups in total. The van der Waals surface area contributed by atoms with Gasteiger partial charge in [-0.15, -0.1) is 0 Å². The Morgan fingerprint density at radius 3 is 2.46 bits per heavy atom. The van der Waals surface area contributed by atoms with Crippen molar-refractivity contribution in [2.24, 2.45) is 11.3 Å². The molecule has 0 saturated heterocycles. The molecule has 1 fully saturated rings. The number of rotatable bonds is 2. The number of hydrogen-bond acceptors (Lipinski definition) is 0. The Morgan fingerprint density at radius 2 is 1.92 bits per heavy atom. The largest absolute Gasteiger partial charge is 0.0804 e. The molecule has 3 aliphatic rings. The third-order valence-electron chi connectivity index (χ3n) is 3.52. The normalized spacial score (nSPS) is 28.5. The minimum atomic E-state index is 0.510. The predicted molar refractivity (Wildman–Crippen MR) is 55.3 cm³/mol. The van der Waals surface area contributed by atoms with Crippen molar-refractivity contribution in [3.8, 4) is 0 Å². The first-order valence-corrected chi connectivity index (χ1v) is 5.14. The Balaban J connectivity index is 1.92. The fraction of sp³-hybridized carbons (Fsp3) is 0.385. The van der Waals surface area contributed by atoms with E-state index in [4.69, 9.17) is 0 Å². The molecule has 0 bridgehead atoms. The summed E-state index contributed by atoms with van der Waals surface area (Å²) in [5.41, 5.74) is 2.10. The lowest BCUT2D eigenvalue weighted by molar-refractivity contribution is 0.527. The van der Waals surface area contributed by atoms with Crippen LogP contribution in [0.15, 0.2) is 48.1 Å². The van der Waals surface area contributed by atoms with Gasteiger partial charge in [0.1, 0.15) is 0 Å². The summed E-state index contributed by atoms with van der Waals surface area (Å²) >= 11 is 0. The van der Waals surface area contributed by atoms with Gasteiger partial charge in [0.2, 0.25) is 0 Å². The minimum absolute atomic E-state index is 0.510. The van der Waals surface area contributed by atoms with Gasteiger partial charge in [0.15, 0.2) is 0 Å². The SMILES string of the molecule is C1=CC(C2(C3=CCC=C3)CC2)C=C1. The third-order valence-corrected chi connectivity index (χ3v) is 3.52. The molecule has 13 heavy (non-hydrogen) atoms. The average molecular weight is 170 g/mol. The molecule has 0 radical (unpaired) electrons. The molecule has 3 aliphatic carbocycles. The molecule has 0 aliphatic heterocycles. The van der Waals surface area contributed by atoms with Crippen molar-refractivity contribution in [3.63, 3.8) is 0 Å². The maximum absolute atomic E-state index is 2.40. The van der Waals surface area contributed by atoms with Gasteiger partial charge < -0.3 is 0 Å². The molecule has 0 spiro atoms. The van der Waals surface area contributed by atoms with E-state index in [9.17, 15) is 0 Å². The van der Waals surface area contributed by atoms with Crippen LogP contribution in [0, 0.1) is 11.3 Å². The summed E-state index contributed by atoms with van der Waals surface area (Å²) in [6, 6.07) is 0. The summed E-state index contributed by atoms with van der Waals surface area (Å²) < 4.78 is 0. The molecule has 0 amide bonds. The molecule has 1 saturated carbocycles. The Morgan fingerprint density at radius 1 is 1.15 bits per heavy atom. The summed E-state index contributed by atoms with van der Waals surface area (Å²) in [5.74, 6) is 0.682. The highest BCUT2D eigenvalue weighted by Gasteiger charge is 2.49. The standard InChI is InChI=1S/C13H14/c1-2-6-11(5-1)13(9-10-13)12-7-3-4-8-12/h1-3,5-8,11H,4,9-10H2. The van der Waals surface area contributed by atoms with Crippen molar-refractivity contribution in [1.82, 2.24) is 0 Å². The molecule has 0 nitrogen and oxygen atoms in total. The smallest absolute Gasteiger partial charge is 0.00497 e. The maximum atomic E-state index is 2.40.